The lowest BCUT2D eigenvalue weighted by atomic mass is 9.65. The molecule has 0 saturated heterocycles. The van der Waals surface area contributed by atoms with E-state index in [9.17, 15) is 5.26 Å². The molecule has 1 atom stereocenters. The normalized spacial score (nSPS) is 31.2. The quantitative estimate of drug-likeness (QED) is 0.645. The summed E-state index contributed by atoms with van der Waals surface area (Å²) in [6, 6.07) is 2.67. The van der Waals surface area contributed by atoms with Crippen LogP contribution in [0.1, 0.15) is 72.6 Å². The maximum atomic E-state index is 9.53. The molecule has 0 aromatic heterocycles. The van der Waals surface area contributed by atoms with Crippen LogP contribution in [-0.4, -0.2) is 0 Å². The zero-order valence-electron chi connectivity index (χ0n) is 12.1. The number of nitriles is 1. The van der Waals surface area contributed by atoms with E-state index < -0.39 is 0 Å². The smallest absolute Gasteiger partial charge is 0.0689 e. The highest BCUT2D eigenvalue weighted by molar-refractivity contribution is 5.02. The minimum Gasteiger partial charge on any atom is -0.198 e. The van der Waals surface area contributed by atoms with Crippen LogP contribution < -0.4 is 0 Å². The van der Waals surface area contributed by atoms with Crippen molar-refractivity contribution in [2.24, 2.45) is 23.2 Å². The molecule has 1 heteroatoms. The van der Waals surface area contributed by atoms with Crippen molar-refractivity contribution in [2.75, 3.05) is 0 Å². The van der Waals surface area contributed by atoms with Crippen molar-refractivity contribution in [1.29, 1.82) is 5.26 Å². The molecule has 1 aliphatic carbocycles. The molecule has 1 rings (SSSR count). The molecular weight excluding hydrogens is 206 g/mol. The van der Waals surface area contributed by atoms with E-state index in [-0.39, 0.29) is 5.41 Å². The fourth-order valence-corrected chi connectivity index (χ4v) is 3.48. The van der Waals surface area contributed by atoms with E-state index >= 15 is 0 Å². The van der Waals surface area contributed by atoms with Crippen LogP contribution in [0, 0.1) is 34.5 Å². The summed E-state index contributed by atoms with van der Waals surface area (Å²) in [5.74, 6) is 2.37. The minimum atomic E-state index is 0.0139. The van der Waals surface area contributed by atoms with Gasteiger partial charge < -0.3 is 0 Å². The van der Waals surface area contributed by atoms with Gasteiger partial charge in [0.15, 0.2) is 0 Å². The number of hydrogen-bond acceptors (Lipinski definition) is 1. The Bertz CT molecular complexity index is 253. The van der Waals surface area contributed by atoms with E-state index in [2.05, 4.69) is 33.8 Å². The molecule has 0 aromatic carbocycles. The average Bonchev–Trinajstić information content (AvgIpc) is 2.30. The van der Waals surface area contributed by atoms with Crippen LogP contribution in [0.3, 0.4) is 0 Å². The summed E-state index contributed by atoms with van der Waals surface area (Å²) >= 11 is 0. The Morgan fingerprint density at radius 2 is 1.82 bits per heavy atom. The van der Waals surface area contributed by atoms with Crippen molar-refractivity contribution in [3.8, 4) is 6.07 Å². The molecule has 1 nitrogen and oxygen atoms in total. The Morgan fingerprint density at radius 1 is 1.24 bits per heavy atom. The van der Waals surface area contributed by atoms with Gasteiger partial charge in [0, 0.05) is 0 Å². The molecule has 17 heavy (non-hydrogen) atoms. The highest BCUT2D eigenvalue weighted by atomic mass is 14.4. The summed E-state index contributed by atoms with van der Waals surface area (Å²) in [4.78, 5) is 0. The van der Waals surface area contributed by atoms with Gasteiger partial charge in [-0.1, -0.05) is 40.5 Å². The monoisotopic (exact) mass is 235 g/mol. The minimum absolute atomic E-state index is 0.0139. The molecule has 1 fully saturated rings. The summed E-state index contributed by atoms with van der Waals surface area (Å²) in [5, 5.41) is 9.53. The third-order valence-electron chi connectivity index (χ3n) is 4.69. The van der Waals surface area contributed by atoms with Crippen LogP contribution in [0.2, 0.25) is 0 Å². The van der Waals surface area contributed by atoms with Crippen LogP contribution in [-0.2, 0) is 0 Å². The lowest BCUT2D eigenvalue weighted by Gasteiger charge is -2.38. The number of rotatable bonds is 5. The second-order valence-corrected chi connectivity index (χ2v) is 6.57. The van der Waals surface area contributed by atoms with Gasteiger partial charge in [0.05, 0.1) is 11.5 Å². The molecule has 0 bridgehead atoms. The van der Waals surface area contributed by atoms with E-state index in [1.54, 1.807) is 0 Å². The maximum absolute atomic E-state index is 9.53. The fraction of sp³-hybridized carbons (Fsp3) is 0.938. The third kappa shape index (κ3) is 4.02. The van der Waals surface area contributed by atoms with Crippen molar-refractivity contribution < 1.29 is 0 Å². The topological polar surface area (TPSA) is 23.8 Å². The molecular formula is C16H29N. The first-order valence-corrected chi connectivity index (χ1v) is 7.44. The maximum Gasteiger partial charge on any atom is 0.0689 e. The number of nitrogens with zero attached hydrogens (tertiary/aromatic N) is 1. The van der Waals surface area contributed by atoms with Gasteiger partial charge in [-0.15, -0.1) is 0 Å². The summed E-state index contributed by atoms with van der Waals surface area (Å²) in [7, 11) is 0. The van der Waals surface area contributed by atoms with Crippen LogP contribution in [0.4, 0.5) is 0 Å². The molecule has 98 valence electrons. The van der Waals surface area contributed by atoms with E-state index in [1.165, 1.54) is 25.7 Å². The van der Waals surface area contributed by atoms with E-state index in [4.69, 9.17) is 0 Å². The van der Waals surface area contributed by atoms with Crippen molar-refractivity contribution in [3.63, 3.8) is 0 Å². The van der Waals surface area contributed by atoms with E-state index in [0.717, 1.165) is 37.0 Å². The first-order chi connectivity index (χ1) is 8.03. The molecule has 0 heterocycles. The molecule has 0 N–H and O–H groups in total. The number of hydrogen-bond donors (Lipinski definition) is 0. The van der Waals surface area contributed by atoms with Crippen molar-refractivity contribution in [2.45, 2.75) is 72.6 Å². The molecule has 0 aromatic rings. The van der Waals surface area contributed by atoms with Crippen molar-refractivity contribution in [1.82, 2.24) is 0 Å². The van der Waals surface area contributed by atoms with E-state index in [0.29, 0.717) is 0 Å². The predicted molar refractivity (Wildman–Crippen MR) is 73.5 cm³/mol. The summed E-state index contributed by atoms with van der Waals surface area (Å²) < 4.78 is 0. The zero-order chi connectivity index (χ0) is 12.9. The Hall–Kier alpha value is -0.510. The highest BCUT2D eigenvalue weighted by Crippen LogP contribution is 2.45. The predicted octanol–water partition coefficient (Wildman–Crippen LogP) is 5.17. The Balaban J connectivity index is 2.53. The SMILES string of the molecule is CCCC(C)CC1(C#N)CCC(C(C)C)CC1. The second kappa shape index (κ2) is 6.43. The Labute approximate surface area is 108 Å². The average molecular weight is 235 g/mol. The van der Waals surface area contributed by atoms with Crippen molar-refractivity contribution >= 4 is 0 Å². The standard InChI is InChI=1S/C16H29N/c1-5-6-14(4)11-16(12-17)9-7-15(8-10-16)13(2)3/h13-15H,5-11H2,1-4H3. The molecule has 0 aliphatic heterocycles. The fourth-order valence-electron chi connectivity index (χ4n) is 3.48. The van der Waals surface area contributed by atoms with Crippen molar-refractivity contribution in [3.05, 3.63) is 0 Å². The Morgan fingerprint density at radius 3 is 2.24 bits per heavy atom. The summed E-state index contributed by atoms with van der Waals surface area (Å²) in [6.45, 7) is 9.20. The van der Waals surface area contributed by atoms with Gasteiger partial charge in [0.1, 0.15) is 0 Å². The zero-order valence-corrected chi connectivity index (χ0v) is 12.1. The Kier molecular flexibility index (Phi) is 5.50. The van der Waals surface area contributed by atoms with Gasteiger partial charge in [0.25, 0.3) is 0 Å². The summed E-state index contributed by atoms with van der Waals surface area (Å²) in [5.41, 5.74) is 0.0139. The molecule has 0 spiro atoms. The lowest BCUT2D eigenvalue weighted by Crippen LogP contribution is -2.29. The lowest BCUT2D eigenvalue weighted by molar-refractivity contribution is 0.147. The van der Waals surface area contributed by atoms with E-state index in [1.807, 2.05) is 0 Å². The highest BCUT2D eigenvalue weighted by Gasteiger charge is 2.37. The third-order valence-corrected chi connectivity index (χ3v) is 4.69. The van der Waals surface area contributed by atoms with Crippen LogP contribution in [0.25, 0.3) is 0 Å². The van der Waals surface area contributed by atoms with Gasteiger partial charge in [-0.05, 0) is 49.9 Å². The first kappa shape index (κ1) is 14.6. The first-order valence-electron chi connectivity index (χ1n) is 7.44. The van der Waals surface area contributed by atoms with Gasteiger partial charge in [-0.3, -0.25) is 0 Å². The largest absolute Gasteiger partial charge is 0.198 e. The van der Waals surface area contributed by atoms with Gasteiger partial charge >= 0.3 is 0 Å². The molecule has 1 saturated carbocycles. The molecule has 0 amide bonds. The van der Waals surface area contributed by atoms with Gasteiger partial charge in [-0.2, -0.15) is 5.26 Å². The molecule has 1 unspecified atom stereocenters. The molecule has 1 aliphatic rings. The second-order valence-electron chi connectivity index (χ2n) is 6.57. The molecule has 0 radical (unpaired) electrons. The van der Waals surface area contributed by atoms with Crippen LogP contribution in [0.15, 0.2) is 0 Å². The van der Waals surface area contributed by atoms with Crippen LogP contribution in [0.5, 0.6) is 0 Å². The van der Waals surface area contributed by atoms with Gasteiger partial charge in [-0.25, -0.2) is 0 Å². The van der Waals surface area contributed by atoms with Gasteiger partial charge in [0.2, 0.25) is 0 Å². The summed E-state index contributed by atoms with van der Waals surface area (Å²) in [6.07, 6.45) is 8.46. The van der Waals surface area contributed by atoms with Crippen LogP contribution >= 0.6 is 0 Å².